The van der Waals surface area contributed by atoms with Crippen molar-refractivity contribution in [3.63, 3.8) is 0 Å². The van der Waals surface area contributed by atoms with E-state index in [4.69, 9.17) is 28.4 Å². The number of carbonyl (C=O) groups is 6. The van der Waals surface area contributed by atoms with Crippen LogP contribution >= 0.6 is 0 Å². The highest BCUT2D eigenvalue weighted by atomic mass is 16.6. The van der Waals surface area contributed by atoms with Gasteiger partial charge in [0.15, 0.2) is 0 Å². The van der Waals surface area contributed by atoms with Crippen LogP contribution in [0.15, 0.2) is 24.3 Å². The van der Waals surface area contributed by atoms with Gasteiger partial charge in [0.1, 0.15) is 38.6 Å². The van der Waals surface area contributed by atoms with Crippen molar-refractivity contribution < 1.29 is 57.2 Å². The summed E-state index contributed by atoms with van der Waals surface area (Å²) >= 11 is 0. The van der Waals surface area contributed by atoms with E-state index in [2.05, 4.69) is 48.3 Å². The highest BCUT2D eigenvalue weighted by molar-refractivity contribution is 5.87. The van der Waals surface area contributed by atoms with Crippen molar-refractivity contribution in [1.82, 2.24) is 21.3 Å². The molecule has 2 unspecified atom stereocenters. The van der Waals surface area contributed by atoms with Crippen molar-refractivity contribution in [2.24, 2.45) is 33.5 Å². The minimum Gasteiger partial charge on any atom is -0.459 e. The predicted octanol–water partition coefficient (Wildman–Crippen LogP) is 6.82. The first kappa shape index (κ1) is 51.5. The molecule has 4 amide bonds. The Labute approximate surface area is 345 Å². The van der Waals surface area contributed by atoms with Gasteiger partial charge < -0.3 is 49.7 Å². The molecule has 0 bridgehead atoms. The quantitative estimate of drug-likeness (QED) is 0.0343. The summed E-state index contributed by atoms with van der Waals surface area (Å²) in [5, 5.41) is 11.2. The average Bonchev–Trinajstić information content (AvgIpc) is 3.10. The molecule has 16 heteroatoms. The number of hydrogen-bond acceptors (Lipinski definition) is 12. The van der Waals surface area contributed by atoms with E-state index in [-0.39, 0.29) is 60.2 Å². The van der Waals surface area contributed by atoms with Crippen LogP contribution in [-0.2, 0) is 38.0 Å². The van der Waals surface area contributed by atoms with Crippen molar-refractivity contribution in [2.75, 3.05) is 52.6 Å². The molecule has 0 saturated heterocycles. The summed E-state index contributed by atoms with van der Waals surface area (Å²) in [5.74, 6) is -0.625. The predicted molar refractivity (Wildman–Crippen MR) is 219 cm³/mol. The van der Waals surface area contributed by atoms with E-state index in [9.17, 15) is 28.8 Å². The molecule has 1 saturated carbocycles. The minimum absolute atomic E-state index is 0.0523. The molecule has 2 atom stereocenters. The van der Waals surface area contributed by atoms with Crippen LogP contribution in [-0.4, -0.2) is 101 Å². The fourth-order valence-corrected chi connectivity index (χ4v) is 7.59. The van der Waals surface area contributed by atoms with Crippen LogP contribution in [0.1, 0.15) is 109 Å². The first-order valence-corrected chi connectivity index (χ1v) is 20.1. The Morgan fingerprint density at radius 2 is 0.862 bits per heavy atom. The fourth-order valence-electron chi connectivity index (χ4n) is 7.59. The van der Waals surface area contributed by atoms with Crippen molar-refractivity contribution in [2.45, 2.75) is 121 Å². The van der Waals surface area contributed by atoms with E-state index in [1.54, 1.807) is 0 Å². The molecule has 1 aliphatic carbocycles. The summed E-state index contributed by atoms with van der Waals surface area (Å²) in [5.41, 5.74) is -1.20. The zero-order valence-corrected chi connectivity index (χ0v) is 37.1. The molecule has 0 radical (unpaired) electrons. The molecule has 0 aromatic rings. The Hall–Kier alpha value is -4.50. The summed E-state index contributed by atoms with van der Waals surface area (Å²) in [6.07, 6.45) is -0.320. The third-order valence-corrected chi connectivity index (χ3v) is 9.99. The van der Waals surface area contributed by atoms with Gasteiger partial charge in [-0.3, -0.25) is 0 Å². The van der Waals surface area contributed by atoms with Gasteiger partial charge in [-0.15, -0.1) is 0 Å². The van der Waals surface area contributed by atoms with Gasteiger partial charge in [0, 0.05) is 48.2 Å². The number of esters is 2. The lowest BCUT2D eigenvalue weighted by atomic mass is 9.51. The van der Waals surface area contributed by atoms with Crippen LogP contribution in [0.2, 0.25) is 0 Å². The van der Waals surface area contributed by atoms with Gasteiger partial charge >= 0.3 is 36.3 Å². The molecule has 4 N–H and O–H groups in total. The molecule has 332 valence electrons. The first-order chi connectivity index (χ1) is 26.7. The standard InChI is InChI=1S/C42H72N4O12/c1-27(2)31(47)53-19-21-55-35(49)45-25-39(7,8)23-29(5)15-17-43-37(51)57-33-41(11,12)34(42(33,13)14)58-38(52)44-18-16-30(6)24-40(9,10)26-46-36(50)56-22-20-54-32(48)28(3)4/h29-30,33-34H,1,3,15-26H2,2,4-14H3,(H,43,51)(H,44,52)(H,45,49)(H,46,50)/t29?,30?,33-,34-. The number of ether oxygens (including phenoxy) is 6. The van der Waals surface area contributed by atoms with Gasteiger partial charge in [0.25, 0.3) is 0 Å². The van der Waals surface area contributed by atoms with Crippen LogP contribution in [0.3, 0.4) is 0 Å². The van der Waals surface area contributed by atoms with Crippen molar-refractivity contribution in [1.29, 1.82) is 0 Å². The van der Waals surface area contributed by atoms with Gasteiger partial charge in [0.2, 0.25) is 0 Å². The third-order valence-electron chi connectivity index (χ3n) is 9.99. The topological polar surface area (TPSA) is 206 Å². The SMILES string of the molecule is C=C(C)C(=O)OCCOC(=O)NCC(C)(C)CC(C)CCNC(=O)O[C@H]1C(C)(C)[C@H](OC(=O)NCCC(C)CC(C)(C)CNC(=O)OCCOC(=O)C(=C)C)C1(C)C. The molecule has 0 aromatic heterocycles. The van der Waals surface area contributed by atoms with E-state index >= 15 is 0 Å². The number of nitrogens with one attached hydrogen (secondary N) is 4. The molecule has 1 fully saturated rings. The second-order valence-corrected chi connectivity index (χ2v) is 18.4. The monoisotopic (exact) mass is 825 g/mol. The van der Waals surface area contributed by atoms with Crippen LogP contribution in [0.25, 0.3) is 0 Å². The van der Waals surface area contributed by atoms with Gasteiger partial charge in [-0.1, -0.05) is 82.4 Å². The molecule has 1 aliphatic rings. The maximum atomic E-state index is 12.9. The van der Waals surface area contributed by atoms with Crippen molar-refractivity contribution in [3.8, 4) is 0 Å². The van der Waals surface area contributed by atoms with E-state index in [1.807, 2.05) is 55.4 Å². The number of amides is 4. The Morgan fingerprint density at radius 1 is 0.552 bits per heavy atom. The van der Waals surface area contributed by atoms with E-state index in [0.717, 1.165) is 12.8 Å². The molecule has 0 spiro atoms. The number of hydrogen-bond donors (Lipinski definition) is 4. The molecular weight excluding hydrogens is 752 g/mol. The van der Waals surface area contributed by atoms with Gasteiger partial charge in [0.05, 0.1) is 0 Å². The first-order valence-electron chi connectivity index (χ1n) is 20.1. The van der Waals surface area contributed by atoms with Gasteiger partial charge in [-0.05, 0) is 62.2 Å². The highest BCUT2D eigenvalue weighted by Gasteiger charge is 2.66. The van der Waals surface area contributed by atoms with E-state index in [0.29, 0.717) is 39.0 Å². The van der Waals surface area contributed by atoms with Crippen LogP contribution < -0.4 is 21.3 Å². The summed E-state index contributed by atoms with van der Waals surface area (Å²) in [4.78, 5) is 72.6. The number of alkyl carbamates (subject to hydrolysis) is 4. The van der Waals surface area contributed by atoms with Crippen LogP contribution in [0.4, 0.5) is 19.2 Å². The molecule has 58 heavy (non-hydrogen) atoms. The van der Waals surface area contributed by atoms with Gasteiger partial charge in [-0.25, -0.2) is 28.8 Å². The Kier molecular flexibility index (Phi) is 20.6. The average molecular weight is 825 g/mol. The lowest BCUT2D eigenvalue weighted by Gasteiger charge is -2.61. The largest absolute Gasteiger partial charge is 0.459 e. The van der Waals surface area contributed by atoms with Crippen molar-refractivity contribution in [3.05, 3.63) is 24.3 Å². The lowest BCUT2D eigenvalue weighted by molar-refractivity contribution is -0.244. The molecule has 0 aromatic carbocycles. The van der Waals surface area contributed by atoms with E-state index < -0.39 is 59.3 Å². The molecule has 1 rings (SSSR count). The summed E-state index contributed by atoms with van der Waals surface area (Å²) in [7, 11) is 0. The molecule has 0 aliphatic heterocycles. The maximum Gasteiger partial charge on any atom is 0.407 e. The zero-order valence-electron chi connectivity index (χ0n) is 37.1. The zero-order chi connectivity index (χ0) is 44.5. The third kappa shape index (κ3) is 18.8. The van der Waals surface area contributed by atoms with E-state index in [1.165, 1.54) is 13.8 Å². The Balaban J connectivity index is 2.39. The minimum atomic E-state index is -0.626. The Bertz CT molecular complexity index is 1320. The molecule has 0 heterocycles. The second-order valence-electron chi connectivity index (χ2n) is 18.4. The molecule has 16 nitrogen and oxygen atoms in total. The molecular formula is C42H72N4O12. The smallest absolute Gasteiger partial charge is 0.407 e. The summed E-state index contributed by atoms with van der Waals surface area (Å²) in [6.45, 7) is 31.3. The maximum absolute atomic E-state index is 12.9. The summed E-state index contributed by atoms with van der Waals surface area (Å²) < 4.78 is 31.7. The summed E-state index contributed by atoms with van der Waals surface area (Å²) in [6, 6.07) is 0. The number of carbonyl (C=O) groups excluding carboxylic acids is 6. The van der Waals surface area contributed by atoms with Gasteiger partial charge in [-0.2, -0.15) is 0 Å². The fraction of sp³-hybridized carbons (Fsp3) is 0.762. The second kappa shape index (κ2) is 23.2. The lowest BCUT2D eigenvalue weighted by Crippen LogP contribution is -2.70. The highest BCUT2D eigenvalue weighted by Crippen LogP contribution is 2.57. The number of rotatable bonds is 24. The van der Waals surface area contributed by atoms with Crippen LogP contribution in [0.5, 0.6) is 0 Å². The van der Waals surface area contributed by atoms with Crippen molar-refractivity contribution >= 4 is 36.3 Å². The van der Waals surface area contributed by atoms with Crippen LogP contribution in [0, 0.1) is 33.5 Å². The Morgan fingerprint density at radius 3 is 1.17 bits per heavy atom. The normalized spacial score (nSPS) is 17.8.